The van der Waals surface area contributed by atoms with Gasteiger partial charge in [0.2, 0.25) is 5.91 Å². The Bertz CT molecular complexity index is 1380. The van der Waals surface area contributed by atoms with Crippen LogP contribution in [0.15, 0.2) is 48.5 Å². The van der Waals surface area contributed by atoms with Gasteiger partial charge in [0.1, 0.15) is 35.9 Å². The van der Waals surface area contributed by atoms with Crippen LogP contribution in [0.4, 0.5) is 4.39 Å². The van der Waals surface area contributed by atoms with E-state index in [-0.39, 0.29) is 37.4 Å². The van der Waals surface area contributed by atoms with Crippen LogP contribution in [0.5, 0.6) is 17.2 Å². The zero-order valence-electron chi connectivity index (χ0n) is 22.3. The number of benzene rings is 2. The molecule has 39 heavy (non-hydrogen) atoms. The largest absolute Gasteiger partial charge is 0.493 e. The quantitative estimate of drug-likeness (QED) is 0.361. The van der Waals surface area contributed by atoms with Gasteiger partial charge in [0.05, 0.1) is 13.2 Å². The van der Waals surface area contributed by atoms with Crippen LogP contribution in [0, 0.1) is 5.82 Å². The number of rotatable bonds is 10. The number of carbonyl (C=O) groups is 2. The molecule has 2 amide bonds. The number of methoxy groups -OCH3 is 1. The lowest BCUT2D eigenvalue weighted by Gasteiger charge is -2.20. The van der Waals surface area contributed by atoms with Crippen molar-refractivity contribution in [3.05, 3.63) is 71.2 Å². The summed E-state index contributed by atoms with van der Waals surface area (Å²) < 4.78 is 30.3. The van der Waals surface area contributed by atoms with Crippen LogP contribution < -0.4 is 25.3 Å². The summed E-state index contributed by atoms with van der Waals surface area (Å²) in [7, 11) is 1.47. The Kier molecular flexibility index (Phi) is 8.06. The molecule has 1 aromatic heterocycles. The molecule has 10 heteroatoms. The van der Waals surface area contributed by atoms with Crippen molar-refractivity contribution in [1.82, 2.24) is 10.3 Å². The molecule has 0 bridgehead atoms. The van der Waals surface area contributed by atoms with Gasteiger partial charge in [-0.05, 0) is 62.4 Å². The lowest BCUT2D eigenvalue weighted by Crippen LogP contribution is -2.39. The van der Waals surface area contributed by atoms with E-state index in [9.17, 15) is 19.1 Å². The predicted octanol–water partition coefficient (Wildman–Crippen LogP) is 3.32. The van der Waals surface area contributed by atoms with Crippen LogP contribution in [0.3, 0.4) is 0 Å². The van der Waals surface area contributed by atoms with Gasteiger partial charge in [-0.15, -0.1) is 0 Å². The predicted molar refractivity (Wildman–Crippen MR) is 143 cm³/mol. The normalized spacial score (nSPS) is 17.5. The Labute approximate surface area is 226 Å². The van der Waals surface area contributed by atoms with Gasteiger partial charge >= 0.3 is 0 Å². The second-order valence-electron chi connectivity index (χ2n) is 9.90. The zero-order valence-corrected chi connectivity index (χ0v) is 22.3. The second-order valence-corrected chi connectivity index (χ2v) is 9.90. The summed E-state index contributed by atoms with van der Waals surface area (Å²) in [6.07, 6.45) is -0.650. The molecule has 2 heterocycles. The number of pyridine rings is 1. The molecule has 4 rings (SSSR count). The van der Waals surface area contributed by atoms with Gasteiger partial charge in [0.15, 0.2) is 11.5 Å². The second kappa shape index (κ2) is 11.3. The standard InChI is InChI=1S/C29H32FN3O6/c1-16(13-32-27(35)19-7-10-23(24(11-19)37-4)38-14-17(2)34)22-12-21-26(39-15-29(21,3)28(31)36)25(33-22)18-5-8-20(30)9-6-18/h5-12,16-17,34H,13-15H2,1-4H3,(H2,31,36)(H,32,35)/t16-,17-,29+/m1/s1. The van der Waals surface area contributed by atoms with Gasteiger partial charge in [0, 0.05) is 34.8 Å². The van der Waals surface area contributed by atoms with Crippen molar-refractivity contribution in [2.24, 2.45) is 5.73 Å². The van der Waals surface area contributed by atoms with E-state index in [0.717, 1.165) is 0 Å². The molecule has 206 valence electrons. The van der Waals surface area contributed by atoms with E-state index in [1.807, 2.05) is 6.92 Å². The molecule has 1 aliphatic rings. The first-order valence-electron chi connectivity index (χ1n) is 12.5. The Hall–Kier alpha value is -4.18. The van der Waals surface area contributed by atoms with Crippen LogP contribution in [-0.2, 0) is 10.2 Å². The minimum absolute atomic E-state index is 0.0703. The van der Waals surface area contributed by atoms with Crippen molar-refractivity contribution in [3.8, 4) is 28.5 Å². The average molecular weight is 538 g/mol. The fraction of sp³-hybridized carbons (Fsp3) is 0.345. The molecule has 3 aromatic rings. The minimum atomic E-state index is -1.06. The fourth-order valence-electron chi connectivity index (χ4n) is 4.25. The highest BCUT2D eigenvalue weighted by molar-refractivity contribution is 5.95. The molecule has 0 unspecified atom stereocenters. The number of fused-ring (bicyclic) bond motifs is 1. The molecule has 2 aromatic carbocycles. The topological polar surface area (TPSA) is 133 Å². The Morgan fingerprint density at radius 3 is 2.54 bits per heavy atom. The molecule has 4 N–H and O–H groups in total. The molecule has 0 radical (unpaired) electrons. The van der Waals surface area contributed by atoms with Crippen LogP contribution in [0.2, 0.25) is 0 Å². The highest BCUT2D eigenvalue weighted by Crippen LogP contribution is 2.45. The average Bonchev–Trinajstić information content (AvgIpc) is 3.28. The fourth-order valence-corrected chi connectivity index (χ4v) is 4.25. The highest BCUT2D eigenvalue weighted by atomic mass is 19.1. The number of nitrogens with one attached hydrogen (secondary N) is 1. The van der Waals surface area contributed by atoms with Crippen LogP contribution in [0.25, 0.3) is 11.3 Å². The first-order valence-corrected chi connectivity index (χ1v) is 12.5. The van der Waals surface area contributed by atoms with Gasteiger partial charge in [-0.25, -0.2) is 9.37 Å². The smallest absolute Gasteiger partial charge is 0.251 e. The van der Waals surface area contributed by atoms with Crippen molar-refractivity contribution >= 4 is 11.8 Å². The lowest BCUT2D eigenvalue weighted by molar-refractivity contribution is -0.123. The number of aliphatic hydroxyl groups excluding tert-OH is 1. The Morgan fingerprint density at radius 2 is 1.90 bits per heavy atom. The summed E-state index contributed by atoms with van der Waals surface area (Å²) >= 11 is 0. The number of amides is 2. The monoisotopic (exact) mass is 537 g/mol. The first kappa shape index (κ1) is 27.8. The number of hydrogen-bond donors (Lipinski definition) is 3. The van der Waals surface area contributed by atoms with E-state index >= 15 is 0 Å². The minimum Gasteiger partial charge on any atom is -0.493 e. The molecule has 0 fully saturated rings. The summed E-state index contributed by atoms with van der Waals surface area (Å²) in [5, 5.41) is 12.4. The van der Waals surface area contributed by atoms with Crippen molar-refractivity contribution in [3.63, 3.8) is 0 Å². The van der Waals surface area contributed by atoms with Crippen molar-refractivity contribution in [2.75, 3.05) is 26.9 Å². The van der Waals surface area contributed by atoms with Gasteiger partial charge in [-0.1, -0.05) is 6.92 Å². The number of primary amides is 1. The van der Waals surface area contributed by atoms with Gasteiger partial charge in [-0.3, -0.25) is 9.59 Å². The maximum atomic E-state index is 13.6. The summed E-state index contributed by atoms with van der Waals surface area (Å²) in [6, 6.07) is 12.4. The molecule has 9 nitrogen and oxygen atoms in total. The third-order valence-electron chi connectivity index (χ3n) is 6.73. The van der Waals surface area contributed by atoms with E-state index in [1.54, 1.807) is 50.2 Å². The van der Waals surface area contributed by atoms with Crippen LogP contribution in [-0.4, -0.2) is 54.9 Å². The molecule has 0 spiro atoms. The van der Waals surface area contributed by atoms with E-state index in [0.29, 0.717) is 45.3 Å². The summed E-state index contributed by atoms with van der Waals surface area (Å²) in [4.78, 5) is 30.1. The van der Waals surface area contributed by atoms with E-state index in [1.165, 1.54) is 19.2 Å². The third kappa shape index (κ3) is 5.80. The Balaban J connectivity index is 1.58. The number of ether oxygens (including phenoxy) is 3. The molecular formula is C29H32FN3O6. The maximum Gasteiger partial charge on any atom is 0.251 e. The van der Waals surface area contributed by atoms with Crippen LogP contribution >= 0.6 is 0 Å². The van der Waals surface area contributed by atoms with E-state index in [2.05, 4.69) is 5.32 Å². The molecule has 1 aliphatic heterocycles. The van der Waals surface area contributed by atoms with Crippen LogP contribution in [0.1, 0.15) is 48.3 Å². The Morgan fingerprint density at radius 1 is 1.18 bits per heavy atom. The molecule has 0 saturated heterocycles. The molecule has 3 atom stereocenters. The SMILES string of the molecule is COc1cc(C(=O)NC[C@@H](C)c2cc3c(c(-c4ccc(F)cc4)n2)OC[C@]3(C)C(N)=O)ccc1OC[C@@H](C)O. The number of hydrogen-bond acceptors (Lipinski definition) is 7. The number of nitrogens with zero attached hydrogens (tertiary/aromatic N) is 1. The number of nitrogens with two attached hydrogens (primary N) is 1. The number of carbonyl (C=O) groups excluding carboxylic acids is 2. The highest BCUT2D eigenvalue weighted by Gasteiger charge is 2.44. The number of aliphatic hydroxyl groups is 1. The third-order valence-corrected chi connectivity index (χ3v) is 6.73. The lowest BCUT2D eigenvalue weighted by atomic mass is 9.82. The zero-order chi connectivity index (χ0) is 28.3. The molecule has 0 saturated carbocycles. The van der Waals surface area contributed by atoms with Gasteiger partial charge in [-0.2, -0.15) is 0 Å². The molecule has 0 aliphatic carbocycles. The number of aromatic nitrogens is 1. The maximum absolute atomic E-state index is 13.6. The van der Waals surface area contributed by atoms with E-state index in [4.69, 9.17) is 24.9 Å². The number of halogens is 1. The van der Waals surface area contributed by atoms with Crippen molar-refractivity contribution < 1.29 is 33.3 Å². The molecular weight excluding hydrogens is 505 g/mol. The summed E-state index contributed by atoms with van der Waals surface area (Å²) in [5.41, 5.74) is 7.37. The van der Waals surface area contributed by atoms with E-state index < -0.39 is 17.4 Å². The van der Waals surface area contributed by atoms with Gasteiger partial charge in [0.25, 0.3) is 5.91 Å². The summed E-state index contributed by atoms with van der Waals surface area (Å²) in [5.74, 6) is -0.277. The summed E-state index contributed by atoms with van der Waals surface area (Å²) in [6.45, 7) is 5.62. The van der Waals surface area contributed by atoms with Gasteiger partial charge < -0.3 is 30.4 Å². The first-order chi connectivity index (χ1) is 18.5. The van der Waals surface area contributed by atoms with Crippen molar-refractivity contribution in [2.45, 2.75) is 38.2 Å². The van der Waals surface area contributed by atoms with Crippen molar-refractivity contribution in [1.29, 1.82) is 0 Å².